The molecular formula is C25H30N2O6. The first-order valence-electron chi connectivity index (χ1n) is 10.8. The van der Waals surface area contributed by atoms with Crippen molar-refractivity contribution >= 4 is 0 Å². The minimum absolute atomic E-state index is 0.106. The fraction of sp³-hybridized carbons (Fsp3) is 0.360. The van der Waals surface area contributed by atoms with Crippen LogP contribution < -0.4 is 20.6 Å². The van der Waals surface area contributed by atoms with Crippen LogP contribution in [0.25, 0.3) is 0 Å². The summed E-state index contributed by atoms with van der Waals surface area (Å²) in [5.41, 5.74) is 1.46. The van der Waals surface area contributed by atoms with Crippen LogP contribution in [-0.2, 0) is 13.1 Å². The van der Waals surface area contributed by atoms with Gasteiger partial charge in [0, 0.05) is 42.0 Å². The largest absolute Gasteiger partial charge is 0.507 e. The Balaban J connectivity index is 2.49. The molecule has 8 heteroatoms. The van der Waals surface area contributed by atoms with Crippen molar-refractivity contribution in [2.24, 2.45) is 0 Å². The van der Waals surface area contributed by atoms with Crippen molar-refractivity contribution < 1.29 is 19.7 Å². The van der Waals surface area contributed by atoms with Gasteiger partial charge in [0.05, 0.1) is 19.8 Å². The molecule has 0 radical (unpaired) electrons. The molecule has 0 fully saturated rings. The molecule has 0 saturated heterocycles. The van der Waals surface area contributed by atoms with Crippen LogP contribution in [0.1, 0.15) is 47.8 Å². The number of nitrogens with zero attached hydrogens (tertiary/aromatic N) is 2. The third-order valence-corrected chi connectivity index (χ3v) is 6.07. The first-order chi connectivity index (χ1) is 15.7. The topological polar surface area (TPSA) is 103 Å². The maximum Gasteiger partial charge on any atom is 0.258 e. The molecule has 0 amide bonds. The molecule has 2 aromatic heterocycles. The van der Waals surface area contributed by atoms with Gasteiger partial charge in [0.1, 0.15) is 11.5 Å². The number of aromatic hydroxyl groups is 2. The number of aryl methyl sites for hydroxylation is 1. The molecular weight excluding hydrogens is 424 g/mol. The second-order valence-corrected chi connectivity index (χ2v) is 7.79. The molecule has 176 valence electrons. The van der Waals surface area contributed by atoms with Gasteiger partial charge in [-0.15, -0.1) is 0 Å². The zero-order chi connectivity index (χ0) is 24.4. The highest BCUT2D eigenvalue weighted by Crippen LogP contribution is 2.42. The first-order valence-corrected chi connectivity index (χ1v) is 10.8. The lowest BCUT2D eigenvalue weighted by atomic mass is 9.83. The Labute approximate surface area is 192 Å². The molecule has 1 aromatic carbocycles. The summed E-state index contributed by atoms with van der Waals surface area (Å²) in [6.45, 7) is 7.94. The average Bonchev–Trinajstić information content (AvgIpc) is 2.77. The highest BCUT2D eigenvalue weighted by molar-refractivity contribution is 5.56. The number of pyridine rings is 2. The molecule has 33 heavy (non-hydrogen) atoms. The van der Waals surface area contributed by atoms with E-state index in [2.05, 4.69) is 0 Å². The van der Waals surface area contributed by atoms with Gasteiger partial charge < -0.3 is 28.8 Å². The zero-order valence-electron chi connectivity index (χ0n) is 19.8. The number of aromatic nitrogens is 2. The van der Waals surface area contributed by atoms with Crippen LogP contribution in [0.4, 0.5) is 0 Å². The Bertz CT molecular complexity index is 1310. The first kappa shape index (κ1) is 24.0. The molecule has 0 aliphatic carbocycles. The minimum atomic E-state index is -0.867. The van der Waals surface area contributed by atoms with Crippen molar-refractivity contribution in [3.05, 3.63) is 79.1 Å². The second-order valence-electron chi connectivity index (χ2n) is 7.79. The molecule has 0 spiro atoms. The summed E-state index contributed by atoms with van der Waals surface area (Å²) >= 11 is 0. The van der Waals surface area contributed by atoms with Crippen molar-refractivity contribution in [1.82, 2.24) is 9.13 Å². The summed E-state index contributed by atoms with van der Waals surface area (Å²) < 4.78 is 13.9. The van der Waals surface area contributed by atoms with E-state index in [1.54, 1.807) is 36.6 Å². The Morgan fingerprint density at radius 1 is 0.848 bits per heavy atom. The van der Waals surface area contributed by atoms with Gasteiger partial charge >= 0.3 is 0 Å². The lowest BCUT2D eigenvalue weighted by Gasteiger charge is -2.25. The molecule has 3 aromatic rings. The molecule has 2 heterocycles. The second kappa shape index (κ2) is 9.44. The van der Waals surface area contributed by atoms with Crippen molar-refractivity contribution in [3.63, 3.8) is 0 Å². The van der Waals surface area contributed by atoms with Gasteiger partial charge in [0.2, 0.25) is 0 Å². The van der Waals surface area contributed by atoms with E-state index < -0.39 is 5.92 Å². The Morgan fingerprint density at radius 2 is 1.45 bits per heavy atom. The van der Waals surface area contributed by atoms with Crippen LogP contribution in [0.15, 0.2) is 39.9 Å². The van der Waals surface area contributed by atoms with Gasteiger partial charge in [-0.25, -0.2) is 0 Å². The Hall–Kier alpha value is -3.68. The average molecular weight is 455 g/mol. The fourth-order valence-corrected chi connectivity index (χ4v) is 4.46. The maximum absolute atomic E-state index is 13.5. The van der Waals surface area contributed by atoms with Crippen LogP contribution in [-0.4, -0.2) is 33.6 Å². The lowest BCUT2D eigenvalue weighted by molar-refractivity contribution is 0.354. The van der Waals surface area contributed by atoms with Gasteiger partial charge in [-0.2, -0.15) is 0 Å². The molecule has 0 aliphatic heterocycles. The van der Waals surface area contributed by atoms with Crippen LogP contribution >= 0.6 is 0 Å². The smallest absolute Gasteiger partial charge is 0.258 e. The highest BCUT2D eigenvalue weighted by Gasteiger charge is 2.30. The summed E-state index contributed by atoms with van der Waals surface area (Å²) in [7, 11) is 3.03. The molecule has 0 aliphatic rings. The van der Waals surface area contributed by atoms with Crippen molar-refractivity contribution in [2.75, 3.05) is 14.2 Å². The van der Waals surface area contributed by atoms with E-state index >= 15 is 0 Å². The van der Waals surface area contributed by atoms with Crippen molar-refractivity contribution in [3.8, 4) is 23.0 Å². The number of hydrogen-bond donors (Lipinski definition) is 2. The molecule has 8 nitrogen and oxygen atoms in total. The minimum Gasteiger partial charge on any atom is -0.507 e. The van der Waals surface area contributed by atoms with Gasteiger partial charge in [-0.1, -0.05) is 6.07 Å². The summed E-state index contributed by atoms with van der Waals surface area (Å²) in [6, 6.07) is 7.84. The highest BCUT2D eigenvalue weighted by atomic mass is 16.5. The lowest BCUT2D eigenvalue weighted by Crippen LogP contribution is -2.29. The standard InChI is InChI=1S/C25H30N2O6/c1-7-26-14(3)11-17(28)24(25(26)31)23(16-9-10-19(32-5)20(12-16)33-6)22-15(4)27(8-2)21(30)13-18(22)29/h9-13,23,28-29H,7-8H2,1-6H3. The van der Waals surface area contributed by atoms with Crippen molar-refractivity contribution in [1.29, 1.82) is 0 Å². The summed E-state index contributed by atoms with van der Waals surface area (Å²) in [6.07, 6.45) is 0. The fourth-order valence-electron chi connectivity index (χ4n) is 4.46. The van der Waals surface area contributed by atoms with Crippen LogP contribution in [0.5, 0.6) is 23.0 Å². The number of rotatable bonds is 7. The van der Waals surface area contributed by atoms with E-state index in [1.165, 1.54) is 24.9 Å². The van der Waals surface area contributed by atoms with Gasteiger partial charge in [0.25, 0.3) is 11.1 Å². The summed E-state index contributed by atoms with van der Waals surface area (Å²) in [5.74, 6) is -0.365. The normalized spacial score (nSPS) is 11.9. The Morgan fingerprint density at radius 3 is 2.03 bits per heavy atom. The van der Waals surface area contributed by atoms with Gasteiger partial charge in [-0.05, 0) is 51.5 Å². The number of benzene rings is 1. The number of ether oxygens (including phenoxy) is 2. The van der Waals surface area contributed by atoms with E-state index in [9.17, 15) is 19.8 Å². The van der Waals surface area contributed by atoms with E-state index in [0.717, 1.165) is 6.07 Å². The summed E-state index contributed by atoms with van der Waals surface area (Å²) in [4.78, 5) is 26.0. The predicted octanol–water partition coefficient (Wildman–Crippen LogP) is 3.28. The number of hydrogen-bond acceptors (Lipinski definition) is 6. The molecule has 0 saturated carbocycles. The van der Waals surface area contributed by atoms with Gasteiger partial charge in [-0.3, -0.25) is 9.59 Å². The van der Waals surface area contributed by atoms with E-state index in [0.29, 0.717) is 47.1 Å². The molecule has 0 bridgehead atoms. The monoisotopic (exact) mass is 454 g/mol. The SMILES string of the molecule is CCn1c(C)c(C(c2ccc(OC)c(OC)c2)c2c(O)cc(C)n(CC)c2=O)c(O)cc1=O. The third kappa shape index (κ3) is 4.08. The van der Waals surface area contributed by atoms with Gasteiger partial charge in [0.15, 0.2) is 11.5 Å². The number of methoxy groups -OCH3 is 2. The van der Waals surface area contributed by atoms with E-state index in [-0.39, 0.29) is 28.2 Å². The molecule has 1 atom stereocenters. The Kier molecular flexibility index (Phi) is 6.86. The summed E-state index contributed by atoms with van der Waals surface area (Å²) in [5, 5.41) is 21.9. The van der Waals surface area contributed by atoms with Crippen LogP contribution in [0, 0.1) is 13.8 Å². The van der Waals surface area contributed by atoms with E-state index in [1.807, 2.05) is 13.8 Å². The predicted molar refractivity (Wildman–Crippen MR) is 126 cm³/mol. The molecule has 1 unspecified atom stereocenters. The molecule has 3 rings (SSSR count). The van der Waals surface area contributed by atoms with E-state index in [4.69, 9.17) is 9.47 Å². The van der Waals surface area contributed by atoms with Crippen LogP contribution in [0.2, 0.25) is 0 Å². The van der Waals surface area contributed by atoms with Crippen LogP contribution in [0.3, 0.4) is 0 Å². The maximum atomic E-state index is 13.5. The van der Waals surface area contributed by atoms with Crippen molar-refractivity contribution in [2.45, 2.75) is 46.7 Å². The zero-order valence-corrected chi connectivity index (χ0v) is 19.8. The third-order valence-electron chi connectivity index (χ3n) is 6.07. The molecule has 2 N–H and O–H groups in total. The quantitative estimate of drug-likeness (QED) is 0.568.